The molecule has 136 valence electrons. The molecule has 1 aliphatic heterocycles. The quantitative estimate of drug-likeness (QED) is 0.695. The standard InChI is InChI=1S/C18H14Cl2N6O/c1-10-15(17(27)22-12-8-6-11(19)7-9-12)16(13-4-2-3-5-14(13)20)26-18(21-10)23-24-25-26/h2-9,16H,1H3,(H,22,27)(H,21,23,25)/t16-/m0/s1. The summed E-state index contributed by atoms with van der Waals surface area (Å²) >= 11 is 12.3. The third-order valence-electron chi connectivity index (χ3n) is 4.26. The Labute approximate surface area is 165 Å². The fraction of sp³-hybridized carbons (Fsp3) is 0.111. The Balaban J connectivity index is 1.77. The molecule has 1 atom stereocenters. The fourth-order valence-electron chi connectivity index (χ4n) is 3.02. The van der Waals surface area contributed by atoms with Gasteiger partial charge in [0.05, 0.1) is 5.57 Å². The van der Waals surface area contributed by atoms with Gasteiger partial charge in [-0.1, -0.05) is 46.5 Å². The molecule has 3 aromatic rings. The molecule has 1 aromatic heterocycles. The number of nitrogens with one attached hydrogen (secondary N) is 2. The zero-order valence-corrected chi connectivity index (χ0v) is 15.7. The van der Waals surface area contributed by atoms with Gasteiger partial charge in [0.2, 0.25) is 5.95 Å². The molecular weight excluding hydrogens is 387 g/mol. The van der Waals surface area contributed by atoms with E-state index in [1.165, 1.54) is 0 Å². The number of benzene rings is 2. The monoisotopic (exact) mass is 400 g/mol. The van der Waals surface area contributed by atoms with Crippen molar-refractivity contribution in [3.8, 4) is 0 Å². The normalized spacial score (nSPS) is 15.9. The summed E-state index contributed by atoms with van der Waals surface area (Å²) in [5.41, 5.74) is 2.48. The molecule has 2 N–H and O–H groups in total. The molecule has 0 radical (unpaired) electrons. The Kier molecular flexibility index (Phi) is 4.55. The van der Waals surface area contributed by atoms with E-state index in [9.17, 15) is 4.79 Å². The van der Waals surface area contributed by atoms with Gasteiger partial charge in [0.1, 0.15) is 6.04 Å². The molecule has 0 saturated carbocycles. The van der Waals surface area contributed by atoms with Crippen LogP contribution in [-0.2, 0) is 4.79 Å². The fourth-order valence-corrected chi connectivity index (χ4v) is 3.39. The van der Waals surface area contributed by atoms with E-state index in [-0.39, 0.29) is 5.91 Å². The molecule has 4 rings (SSSR count). The second kappa shape index (κ2) is 7.02. The van der Waals surface area contributed by atoms with Gasteiger partial charge in [-0.05, 0) is 47.7 Å². The van der Waals surface area contributed by atoms with Gasteiger partial charge in [-0.15, -0.1) is 0 Å². The zero-order valence-electron chi connectivity index (χ0n) is 14.1. The molecule has 9 heteroatoms. The van der Waals surface area contributed by atoms with Crippen molar-refractivity contribution in [2.75, 3.05) is 10.6 Å². The van der Waals surface area contributed by atoms with Crippen LogP contribution in [0.15, 0.2) is 59.8 Å². The van der Waals surface area contributed by atoms with Crippen LogP contribution >= 0.6 is 23.2 Å². The van der Waals surface area contributed by atoms with Gasteiger partial charge in [-0.3, -0.25) is 4.79 Å². The summed E-state index contributed by atoms with van der Waals surface area (Å²) in [6.07, 6.45) is 0. The van der Waals surface area contributed by atoms with Crippen LogP contribution in [0.3, 0.4) is 0 Å². The highest BCUT2D eigenvalue weighted by Crippen LogP contribution is 2.37. The first-order valence-electron chi connectivity index (χ1n) is 8.11. The predicted octanol–water partition coefficient (Wildman–Crippen LogP) is 3.91. The van der Waals surface area contributed by atoms with E-state index in [0.717, 1.165) is 5.56 Å². The van der Waals surface area contributed by atoms with Crippen molar-refractivity contribution >= 4 is 40.7 Å². The number of aromatic nitrogens is 4. The maximum absolute atomic E-state index is 13.1. The predicted molar refractivity (Wildman–Crippen MR) is 104 cm³/mol. The SMILES string of the molecule is CC1=C(C(=O)Nc2ccc(Cl)cc2)[C@H](c2ccccc2Cl)n2nnnc2N1. The van der Waals surface area contributed by atoms with Gasteiger partial charge >= 0.3 is 0 Å². The number of halogens is 2. The van der Waals surface area contributed by atoms with Gasteiger partial charge in [0, 0.05) is 27.0 Å². The van der Waals surface area contributed by atoms with Gasteiger partial charge in [0.15, 0.2) is 0 Å². The number of hydrogen-bond donors (Lipinski definition) is 2. The van der Waals surface area contributed by atoms with Gasteiger partial charge in [-0.2, -0.15) is 4.68 Å². The summed E-state index contributed by atoms with van der Waals surface area (Å²) in [6.45, 7) is 1.80. The van der Waals surface area contributed by atoms with Crippen molar-refractivity contribution in [2.45, 2.75) is 13.0 Å². The topological polar surface area (TPSA) is 84.7 Å². The molecule has 0 bridgehead atoms. The van der Waals surface area contributed by atoms with Crippen LogP contribution < -0.4 is 10.6 Å². The van der Waals surface area contributed by atoms with Crippen LogP contribution in [0.2, 0.25) is 10.0 Å². The van der Waals surface area contributed by atoms with E-state index in [4.69, 9.17) is 23.2 Å². The number of allylic oxidation sites excluding steroid dienone is 1. The third-order valence-corrected chi connectivity index (χ3v) is 4.86. The Bertz CT molecular complexity index is 1040. The minimum atomic E-state index is -0.558. The maximum atomic E-state index is 13.1. The van der Waals surface area contributed by atoms with Crippen molar-refractivity contribution in [3.05, 3.63) is 75.4 Å². The zero-order chi connectivity index (χ0) is 19.0. The lowest BCUT2D eigenvalue weighted by molar-refractivity contribution is -0.113. The summed E-state index contributed by atoms with van der Waals surface area (Å²) in [7, 11) is 0. The lowest BCUT2D eigenvalue weighted by Gasteiger charge is -2.28. The highest BCUT2D eigenvalue weighted by molar-refractivity contribution is 6.31. The second-order valence-corrected chi connectivity index (χ2v) is 6.84. The number of hydrogen-bond acceptors (Lipinski definition) is 5. The van der Waals surface area contributed by atoms with Crippen LogP contribution in [0.25, 0.3) is 0 Å². The van der Waals surface area contributed by atoms with Crippen molar-refractivity contribution < 1.29 is 4.79 Å². The average molecular weight is 401 g/mol. The van der Waals surface area contributed by atoms with Crippen LogP contribution in [0.1, 0.15) is 18.5 Å². The molecule has 1 aliphatic rings. The molecule has 7 nitrogen and oxygen atoms in total. The number of amides is 1. The van der Waals surface area contributed by atoms with E-state index in [1.54, 1.807) is 41.9 Å². The average Bonchev–Trinajstić information content (AvgIpc) is 3.11. The van der Waals surface area contributed by atoms with Crippen molar-refractivity contribution in [3.63, 3.8) is 0 Å². The minimum Gasteiger partial charge on any atom is -0.326 e. The first-order chi connectivity index (χ1) is 13.0. The number of tetrazole rings is 1. The van der Waals surface area contributed by atoms with E-state index >= 15 is 0 Å². The Morgan fingerprint density at radius 3 is 2.63 bits per heavy atom. The molecule has 27 heavy (non-hydrogen) atoms. The van der Waals surface area contributed by atoms with Gasteiger partial charge in [-0.25, -0.2) is 0 Å². The van der Waals surface area contributed by atoms with Crippen LogP contribution in [-0.4, -0.2) is 26.1 Å². The van der Waals surface area contributed by atoms with Gasteiger partial charge < -0.3 is 10.6 Å². The number of fused-ring (bicyclic) bond motifs is 1. The van der Waals surface area contributed by atoms with E-state index in [2.05, 4.69) is 26.2 Å². The largest absolute Gasteiger partial charge is 0.326 e. The van der Waals surface area contributed by atoms with E-state index < -0.39 is 6.04 Å². The molecule has 1 amide bonds. The summed E-state index contributed by atoms with van der Waals surface area (Å²) < 4.78 is 1.55. The molecule has 2 heterocycles. The number of carbonyl (C=O) groups excluding carboxylic acids is 1. The van der Waals surface area contributed by atoms with Crippen molar-refractivity contribution in [1.82, 2.24) is 20.2 Å². The molecular formula is C18H14Cl2N6O. The highest BCUT2D eigenvalue weighted by atomic mass is 35.5. The summed E-state index contributed by atoms with van der Waals surface area (Å²) in [5.74, 6) is 0.161. The van der Waals surface area contributed by atoms with Crippen LogP contribution in [0.5, 0.6) is 0 Å². The lowest BCUT2D eigenvalue weighted by atomic mass is 9.95. The molecule has 0 unspecified atom stereocenters. The Morgan fingerprint density at radius 2 is 1.89 bits per heavy atom. The van der Waals surface area contributed by atoms with Crippen LogP contribution in [0.4, 0.5) is 11.6 Å². The Hall–Kier alpha value is -2.90. The first kappa shape index (κ1) is 17.5. The Morgan fingerprint density at radius 1 is 1.15 bits per heavy atom. The minimum absolute atomic E-state index is 0.284. The number of anilines is 2. The van der Waals surface area contributed by atoms with Crippen molar-refractivity contribution in [1.29, 1.82) is 0 Å². The lowest BCUT2D eigenvalue weighted by Crippen LogP contribution is -2.31. The van der Waals surface area contributed by atoms with Crippen LogP contribution in [0, 0.1) is 0 Å². The van der Waals surface area contributed by atoms with Crippen molar-refractivity contribution in [2.24, 2.45) is 0 Å². The molecule has 0 saturated heterocycles. The molecule has 0 fully saturated rings. The first-order valence-corrected chi connectivity index (χ1v) is 8.87. The number of carbonyl (C=O) groups is 1. The number of nitrogens with zero attached hydrogens (tertiary/aromatic N) is 4. The summed E-state index contributed by atoms with van der Waals surface area (Å²) in [6, 6.07) is 13.6. The molecule has 2 aromatic carbocycles. The number of rotatable bonds is 3. The van der Waals surface area contributed by atoms with E-state index in [1.807, 2.05) is 18.2 Å². The second-order valence-electron chi connectivity index (χ2n) is 6.00. The van der Waals surface area contributed by atoms with Gasteiger partial charge in [0.25, 0.3) is 5.91 Å². The summed E-state index contributed by atoms with van der Waals surface area (Å²) in [4.78, 5) is 13.1. The maximum Gasteiger partial charge on any atom is 0.255 e. The summed E-state index contributed by atoms with van der Waals surface area (Å²) in [5, 5.41) is 18.8. The highest BCUT2D eigenvalue weighted by Gasteiger charge is 2.35. The smallest absolute Gasteiger partial charge is 0.255 e. The third kappa shape index (κ3) is 3.27. The van der Waals surface area contributed by atoms with E-state index in [0.29, 0.717) is 33.0 Å². The molecule has 0 aliphatic carbocycles. The molecule has 0 spiro atoms.